The van der Waals surface area contributed by atoms with E-state index >= 15 is 0 Å². The van der Waals surface area contributed by atoms with Gasteiger partial charge in [0.15, 0.2) is 0 Å². The lowest BCUT2D eigenvalue weighted by Crippen LogP contribution is -1.88. The molecule has 2 N–H and O–H groups in total. The van der Waals surface area contributed by atoms with E-state index in [0.29, 0.717) is 11.1 Å². The van der Waals surface area contributed by atoms with Gasteiger partial charge in [-0.1, -0.05) is 0 Å². The van der Waals surface area contributed by atoms with Gasteiger partial charge in [0.2, 0.25) is 0 Å². The van der Waals surface area contributed by atoms with Gasteiger partial charge < -0.3 is 5.73 Å². The minimum Gasteiger partial charge on any atom is -0.399 e. The molecule has 0 amide bonds. The maximum absolute atomic E-state index is 13.1. The van der Waals surface area contributed by atoms with Gasteiger partial charge in [-0.3, -0.25) is 4.98 Å². The Morgan fingerprint density at radius 2 is 2.17 bits per heavy atom. The number of nitrogen functional groups attached to an aromatic ring is 1. The molecular formula is C9H7FN2. The molecule has 0 aliphatic rings. The summed E-state index contributed by atoms with van der Waals surface area (Å²) in [7, 11) is 0. The molecule has 3 heteroatoms. The second-order valence-corrected chi connectivity index (χ2v) is 2.60. The van der Waals surface area contributed by atoms with Gasteiger partial charge in [0.25, 0.3) is 0 Å². The number of anilines is 1. The third kappa shape index (κ3) is 0.993. The van der Waals surface area contributed by atoms with Crippen LogP contribution < -0.4 is 5.73 Å². The predicted molar refractivity (Wildman–Crippen MR) is 46.1 cm³/mol. The molecular weight excluding hydrogens is 155 g/mol. The number of nitrogens with two attached hydrogens (primary N) is 1. The van der Waals surface area contributed by atoms with Crippen LogP contribution in [0.5, 0.6) is 0 Å². The first-order valence-corrected chi connectivity index (χ1v) is 3.56. The Morgan fingerprint density at radius 1 is 1.33 bits per heavy atom. The van der Waals surface area contributed by atoms with Crippen molar-refractivity contribution in [3.8, 4) is 0 Å². The van der Waals surface area contributed by atoms with Crippen molar-refractivity contribution in [3.63, 3.8) is 0 Å². The van der Waals surface area contributed by atoms with Gasteiger partial charge in [-0.2, -0.15) is 0 Å². The minimum absolute atomic E-state index is 0.321. The molecule has 0 radical (unpaired) electrons. The second kappa shape index (κ2) is 2.44. The Bertz CT molecular complexity index is 426. The lowest BCUT2D eigenvalue weighted by atomic mass is 10.1. The van der Waals surface area contributed by atoms with E-state index in [1.54, 1.807) is 18.3 Å². The smallest absolute Gasteiger partial charge is 0.134 e. The highest BCUT2D eigenvalue weighted by Crippen LogP contribution is 2.19. The number of rotatable bonds is 0. The summed E-state index contributed by atoms with van der Waals surface area (Å²) in [5.74, 6) is -0.321. The maximum atomic E-state index is 13.1. The predicted octanol–water partition coefficient (Wildman–Crippen LogP) is 1.96. The van der Waals surface area contributed by atoms with E-state index < -0.39 is 0 Å². The van der Waals surface area contributed by atoms with E-state index in [1.807, 2.05) is 0 Å². The van der Waals surface area contributed by atoms with Crippen LogP contribution in [0.1, 0.15) is 0 Å². The van der Waals surface area contributed by atoms with Gasteiger partial charge >= 0.3 is 0 Å². The van der Waals surface area contributed by atoms with E-state index in [1.165, 1.54) is 12.3 Å². The van der Waals surface area contributed by atoms with Gasteiger partial charge in [-0.25, -0.2) is 4.39 Å². The average molecular weight is 162 g/mol. The number of hydrogen-bond acceptors (Lipinski definition) is 2. The quantitative estimate of drug-likeness (QED) is 0.601. The third-order valence-electron chi connectivity index (χ3n) is 1.73. The maximum Gasteiger partial charge on any atom is 0.134 e. The number of hydrogen-bond donors (Lipinski definition) is 1. The Hall–Kier alpha value is -1.64. The number of pyridine rings is 1. The molecule has 2 rings (SSSR count). The van der Waals surface area contributed by atoms with E-state index in [9.17, 15) is 4.39 Å². The SMILES string of the molecule is Nc1cc(F)c2cnccc2c1. The summed E-state index contributed by atoms with van der Waals surface area (Å²) in [6.45, 7) is 0. The van der Waals surface area contributed by atoms with E-state index in [-0.39, 0.29) is 5.82 Å². The summed E-state index contributed by atoms with van der Waals surface area (Å²) < 4.78 is 13.1. The second-order valence-electron chi connectivity index (χ2n) is 2.60. The summed E-state index contributed by atoms with van der Waals surface area (Å²) in [4.78, 5) is 3.82. The molecule has 0 spiro atoms. The highest BCUT2D eigenvalue weighted by atomic mass is 19.1. The van der Waals surface area contributed by atoms with Crippen LogP contribution in [0.4, 0.5) is 10.1 Å². The molecule has 1 heterocycles. The van der Waals surface area contributed by atoms with Crippen molar-refractivity contribution < 1.29 is 4.39 Å². The van der Waals surface area contributed by atoms with Crippen molar-refractivity contribution >= 4 is 16.5 Å². The molecule has 2 aromatic rings. The standard InChI is InChI=1S/C9H7FN2/c10-9-4-7(11)3-6-1-2-12-5-8(6)9/h1-5H,11H2. The summed E-state index contributed by atoms with van der Waals surface area (Å²) in [5.41, 5.74) is 5.90. The van der Waals surface area contributed by atoms with Gasteiger partial charge in [0, 0.05) is 23.5 Å². The molecule has 0 atom stereocenters. The third-order valence-corrected chi connectivity index (χ3v) is 1.73. The van der Waals surface area contributed by atoms with Gasteiger partial charge in [0.1, 0.15) is 5.82 Å². The van der Waals surface area contributed by atoms with Crippen molar-refractivity contribution in [3.05, 3.63) is 36.4 Å². The van der Waals surface area contributed by atoms with Gasteiger partial charge in [-0.15, -0.1) is 0 Å². The molecule has 1 aromatic heterocycles. The Kier molecular flexibility index (Phi) is 1.43. The highest BCUT2D eigenvalue weighted by molar-refractivity contribution is 5.84. The lowest BCUT2D eigenvalue weighted by Gasteiger charge is -1.99. The Morgan fingerprint density at radius 3 is 3.00 bits per heavy atom. The van der Waals surface area contributed by atoms with Crippen LogP contribution in [0.25, 0.3) is 10.8 Å². The van der Waals surface area contributed by atoms with Crippen molar-refractivity contribution in [1.82, 2.24) is 4.98 Å². The van der Waals surface area contributed by atoms with Crippen LogP contribution in [0.2, 0.25) is 0 Å². The fourth-order valence-corrected chi connectivity index (χ4v) is 1.18. The number of nitrogens with zero attached hydrogens (tertiary/aromatic N) is 1. The molecule has 0 saturated carbocycles. The topological polar surface area (TPSA) is 38.9 Å². The van der Waals surface area contributed by atoms with Crippen LogP contribution in [-0.2, 0) is 0 Å². The Labute approximate surface area is 68.8 Å². The number of benzene rings is 1. The highest BCUT2D eigenvalue weighted by Gasteiger charge is 2.00. The monoisotopic (exact) mass is 162 g/mol. The molecule has 0 aliphatic heterocycles. The average Bonchev–Trinajstić information content (AvgIpc) is 2.04. The first-order valence-electron chi connectivity index (χ1n) is 3.56. The molecule has 0 bridgehead atoms. The molecule has 0 aliphatic carbocycles. The molecule has 0 fully saturated rings. The molecule has 0 saturated heterocycles. The summed E-state index contributed by atoms with van der Waals surface area (Å²) >= 11 is 0. The molecule has 1 aromatic carbocycles. The summed E-state index contributed by atoms with van der Waals surface area (Å²) in [5, 5.41) is 1.29. The molecule has 12 heavy (non-hydrogen) atoms. The van der Waals surface area contributed by atoms with Crippen LogP contribution >= 0.6 is 0 Å². The molecule has 60 valence electrons. The zero-order valence-electron chi connectivity index (χ0n) is 6.29. The van der Waals surface area contributed by atoms with Crippen LogP contribution in [-0.4, -0.2) is 4.98 Å². The Balaban J connectivity index is 2.89. The van der Waals surface area contributed by atoms with Gasteiger partial charge in [-0.05, 0) is 23.6 Å². The minimum atomic E-state index is -0.321. The number of halogens is 1. The zero-order chi connectivity index (χ0) is 8.55. The fourth-order valence-electron chi connectivity index (χ4n) is 1.18. The van der Waals surface area contributed by atoms with Crippen molar-refractivity contribution in [2.45, 2.75) is 0 Å². The van der Waals surface area contributed by atoms with E-state index in [4.69, 9.17) is 5.73 Å². The van der Waals surface area contributed by atoms with Gasteiger partial charge in [0.05, 0.1) is 0 Å². The first kappa shape index (κ1) is 7.03. The molecule has 2 nitrogen and oxygen atoms in total. The van der Waals surface area contributed by atoms with Crippen LogP contribution in [0, 0.1) is 5.82 Å². The van der Waals surface area contributed by atoms with Crippen molar-refractivity contribution in [2.75, 3.05) is 5.73 Å². The van der Waals surface area contributed by atoms with Crippen molar-refractivity contribution in [2.24, 2.45) is 0 Å². The van der Waals surface area contributed by atoms with E-state index in [2.05, 4.69) is 4.98 Å². The lowest BCUT2D eigenvalue weighted by molar-refractivity contribution is 0.640. The normalized spacial score (nSPS) is 10.4. The van der Waals surface area contributed by atoms with Crippen molar-refractivity contribution in [1.29, 1.82) is 0 Å². The fraction of sp³-hybridized carbons (Fsp3) is 0. The first-order chi connectivity index (χ1) is 5.77. The summed E-state index contributed by atoms with van der Waals surface area (Å²) in [6, 6.07) is 4.75. The van der Waals surface area contributed by atoms with Crippen LogP contribution in [0.15, 0.2) is 30.6 Å². The molecule has 0 unspecified atom stereocenters. The van der Waals surface area contributed by atoms with E-state index in [0.717, 1.165) is 5.39 Å². The largest absolute Gasteiger partial charge is 0.399 e. The van der Waals surface area contributed by atoms with Crippen LogP contribution in [0.3, 0.4) is 0 Å². The number of aromatic nitrogens is 1. The number of fused-ring (bicyclic) bond motifs is 1. The zero-order valence-corrected chi connectivity index (χ0v) is 6.29. The summed E-state index contributed by atoms with van der Waals surface area (Å²) in [6.07, 6.45) is 3.10.